The van der Waals surface area contributed by atoms with Crippen LogP contribution in [0, 0.1) is 16.7 Å². The molecule has 6 heteroatoms. The monoisotopic (exact) mass is 296 g/mol. The maximum atomic E-state index is 12.4. The van der Waals surface area contributed by atoms with Crippen LogP contribution < -0.4 is 0 Å². The van der Waals surface area contributed by atoms with Crippen molar-refractivity contribution in [1.82, 2.24) is 0 Å². The van der Waals surface area contributed by atoms with Crippen molar-refractivity contribution in [2.45, 2.75) is 45.6 Å². The molecule has 1 saturated heterocycles. The normalized spacial score (nSPS) is 30.7. The van der Waals surface area contributed by atoms with Crippen molar-refractivity contribution in [3.8, 4) is 0 Å². The van der Waals surface area contributed by atoms with Gasteiger partial charge in [-0.3, -0.25) is 14.4 Å². The van der Waals surface area contributed by atoms with Crippen LogP contribution in [0.2, 0.25) is 0 Å². The highest BCUT2D eigenvalue weighted by atomic mass is 16.6. The van der Waals surface area contributed by atoms with Gasteiger partial charge in [0.25, 0.3) is 0 Å². The molecular weight excluding hydrogens is 276 g/mol. The van der Waals surface area contributed by atoms with Gasteiger partial charge in [0, 0.05) is 12.3 Å². The van der Waals surface area contributed by atoms with Crippen LogP contribution in [0.3, 0.4) is 0 Å². The molecule has 116 valence electrons. The van der Waals surface area contributed by atoms with E-state index in [9.17, 15) is 14.4 Å². The minimum atomic E-state index is -1.31. The molecule has 0 aromatic carbocycles. The minimum absolute atomic E-state index is 0.0705. The van der Waals surface area contributed by atoms with Crippen LogP contribution in [-0.4, -0.2) is 37.2 Å². The van der Waals surface area contributed by atoms with E-state index in [0.717, 1.165) is 12.8 Å². The van der Waals surface area contributed by atoms with E-state index in [-0.39, 0.29) is 37.6 Å². The predicted octanol–water partition coefficient (Wildman–Crippen LogP) is 1.21. The summed E-state index contributed by atoms with van der Waals surface area (Å²) in [5.41, 5.74) is -1.76. The number of fused-ring (bicyclic) bond motifs is 2. The molecule has 0 amide bonds. The lowest BCUT2D eigenvalue weighted by atomic mass is 9.81. The Morgan fingerprint density at radius 3 is 2.19 bits per heavy atom. The zero-order valence-corrected chi connectivity index (χ0v) is 12.3. The molecule has 2 aliphatic carbocycles. The first-order valence-corrected chi connectivity index (χ1v) is 7.55. The first-order chi connectivity index (χ1) is 10.00. The van der Waals surface area contributed by atoms with E-state index in [0.29, 0.717) is 6.42 Å². The number of carbonyl (C=O) groups is 3. The van der Waals surface area contributed by atoms with Crippen LogP contribution in [0.1, 0.15) is 39.5 Å². The van der Waals surface area contributed by atoms with Crippen LogP contribution in [0.25, 0.3) is 0 Å². The summed E-state index contributed by atoms with van der Waals surface area (Å²) in [6, 6.07) is 0. The van der Waals surface area contributed by atoms with Gasteiger partial charge in [-0.15, -0.1) is 0 Å². The number of esters is 3. The maximum Gasteiger partial charge on any atom is 0.323 e. The van der Waals surface area contributed by atoms with Crippen molar-refractivity contribution in [2.75, 3.05) is 13.2 Å². The van der Waals surface area contributed by atoms with E-state index >= 15 is 0 Å². The summed E-state index contributed by atoms with van der Waals surface area (Å²) >= 11 is 0. The van der Waals surface area contributed by atoms with Gasteiger partial charge in [-0.1, -0.05) is 0 Å². The van der Waals surface area contributed by atoms with Crippen molar-refractivity contribution in [3.63, 3.8) is 0 Å². The van der Waals surface area contributed by atoms with Gasteiger partial charge in [0.2, 0.25) is 0 Å². The molecule has 3 rings (SSSR count). The van der Waals surface area contributed by atoms with Gasteiger partial charge < -0.3 is 14.2 Å². The molecule has 0 radical (unpaired) electrons. The molecule has 2 saturated carbocycles. The molecule has 1 spiro atoms. The van der Waals surface area contributed by atoms with Crippen LogP contribution in [-0.2, 0) is 28.6 Å². The molecule has 0 N–H and O–H groups in total. The van der Waals surface area contributed by atoms with Gasteiger partial charge in [0.1, 0.15) is 6.10 Å². The number of rotatable bonds is 4. The molecule has 6 nitrogen and oxygen atoms in total. The largest absolute Gasteiger partial charge is 0.465 e. The summed E-state index contributed by atoms with van der Waals surface area (Å²) < 4.78 is 15.6. The topological polar surface area (TPSA) is 78.9 Å². The number of carbonyl (C=O) groups excluding carboxylic acids is 3. The Balaban J connectivity index is 1.88. The second-order valence-electron chi connectivity index (χ2n) is 6.14. The highest BCUT2D eigenvalue weighted by Crippen LogP contribution is 2.66. The average molecular weight is 296 g/mol. The number of hydrogen-bond donors (Lipinski definition) is 0. The summed E-state index contributed by atoms with van der Waals surface area (Å²) in [5, 5.41) is 0. The van der Waals surface area contributed by atoms with Crippen molar-refractivity contribution in [2.24, 2.45) is 16.7 Å². The standard InChI is InChI=1S/C15H20O6/c1-3-19-11(16)15(12(17)20-4-2)7-9-10(8-15)21-13(18)14(9)5-6-14/h9-10H,3-8H2,1-2H3/t9-,10+/m0/s1. The Bertz CT molecular complexity index is 474. The Morgan fingerprint density at radius 2 is 1.71 bits per heavy atom. The smallest absolute Gasteiger partial charge is 0.323 e. The van der Waals surface area contributed by atoms with Crippen LogP contribution in [0.5, 0.6) is 0 Å². The van der Waals surface area contributed by atoms with E-state index in [1.165, 1.54) is 0 Å². The third-order valence-corrected chi connectivity index (χ3v) is 5.06. The molecule has 0 unspecified atom stereocenters. The predicted molar refractivity (Wildman–Crippen MR) is 70.0 cm³/mol. The van der Waals surface area contributed by atoms with Crippen LogP contribution in [0.4, 0.5) is 0 Å². The van der Waals surface area contributed by atoms with Crippen LogP contribution in [0.15, 0.2) is 0 Å². The number of hydrogen-bond acceptors (Lipinski definition) is 6. The molecule has 3 aliphatic rings. The minimum Gasteiger partial charge on any atom is -0.465 e. The van der Waals surface area contributed by atoms with Gasteiger partial charge in [0.05, 0.1) is 18.6 Å². The highest BCUT2D eigenvalue weighted by Gasteiger charge is 2.72. The summed E-state index contributed by atoms with van der Waals surface area (Å²) in [6.07, 6.45) is 1.68. The van der Waals surface area contributed by atoms with Crippen molar-refractivity contribution in [1.29, 1.82) is 0 Å². The fourth-order valence-electron chi connectivity index (χ4n) is 3.82. The van der Waals surface area contributed by atoms with Gasteiger partial charge in [-0.05, 0) is 33.1 Å². The summed E-state index contributed by atoms with van der Waals surface area (Å²) in [6.45, 7) is 3.82. The maximum absolute atomic E-state index is 12.4. The lowest BCUT2D eigenvalue weighted by molar-refractivity contribution is -0.174. The second kappa shape index (κ2) is 4.71. The fourth-order valence-corrected chi connectivity index (χ4v) is 3.82. The second-order valence-corrected chi connectivity index (χ2v) is 6.14. The van der Waals surface area contributed by atoms with E-state index in [2.05, 4.69) is 0 Å². The third kappa shape index (κ3) is 1.88. The Labute approximate surface area is 123 Å². The number of ether oxygens (including phenoxy) is 3. The molecule has 0 aromatic heterocycles. The Morgan fingerprint density at radius 1 is 1.14 bits per heavy atom. The lowest BCUT2D eigenvalue weighted by Gasteiger charge is -2.25. The zero-order chi connectivity index (χ0) is 15.3. The van der Waals surface area contributed by atoms with E-state index in [1.54, 1.807) is 13.8 Å². The first kappa shape index (κ1) is 14.4. The van der Waals surface area contributed by atoms with Gasteiger partial charge in [-0.25, -0.2) is 0 Å². The molecular formula is C15H20O6. The van der Waals surface area contributed by atoms with Gasteiger partial charge in [-0.2, -0.15) is 0 Å². The molecule has 1 heterocycles. The third-order valence-electron chi connectivity index (χ3n) is 5.06. The quantitative estimate of drug-likeness (QED) is 0.441. The van der Waals surface area contributed by atoms with Crippen molar-refractivity contribution < 1.29 is 28.6 Å². The summed E-state index contributed by atoms with van der Waals surface area (Å²) in [7, 11) is 0. The molecule has 21 heavy (non-hydrogen) atoms. The molecule has 1 aliphatic heterocycles. The fraction of sp³-hybridized carbons (Fsp3) is 0.800. The van der Waals surface area contributed by atoms with E-state index < -0.39 is 22.8 Å². The SMILES string of the molecule is CCOC(=O)C1(C(=O)OCC)C[C@H]2OC(=O)C3(CC3)[C@H]2C1. The first-order valence-electron chi connectivity index (χ1n) is 7.55. The van der Waals surface area contributed by atoms with E-state index in [4.69, 9.17) is 14.2 Å². The molecule has 0 aromatic rings. The highest BCUT2D eigenvalue weighted by molar-refractivity contribution is 6.01. The van der Waals surface area contributed by atoms with Crippen molar-refractivity contribution >= 4 is 17.9 Å². The van der Waals surface area contributed by atoms with Gasteiger partial charge >= 0.3 is 17.9 Å². The molecule has 0 bridgehead atoms. The zero-order valence-electron chi connectivity index (χ0n) is 12.3. The van der Waals surface area contributed by atoms with Gasteiger partial charge in [0.15, 0.2) is 5.41 Å². The lowest BCUT2D eigenvalue weighted by Crippen LogP contribution is -2.41. The summed E-state index contributed by atoms with van der Waals surface area (Å²) in [4.78, 5) is 36.6. The Hall–Kier alpha value is -1.59. The summed E-state index contributed by atoms with van der Waals surface area (Å²) in [5.74, 6) is -1.34. The molecule has 3 fully saturated rings. The van der Waals surface area contributed by atoms with E-state index in [1.807, 2.05) is 0 Å². The average Bonchev–Trinajstić information content (AvgIpc) is 3.10. The molecule has 2 atom stereocenters. The Kier molecular flexibility index (Phi) is 3.22. The van der Waals surface area contributed by atoms with Crippen LogP contribution >= 0.6 is 0 Å². The van der Waals surface area contributed by atoms with Crippen molar-refractivity contribution in [3.05, 3.63) is 0 Å².